The number of benzene rings is 2. The maximum absolute atomic E-state index is 13.8. The first-order chi connectivity index (χ1) is 16.6. The number of hydrogen-bond donors (Lipinski definition) is 2. The Balaban J connectivity index is 2.18. The number of amides is 2. The van der Waals surface area contributed by atoms with Gasteiger partial charge in [-0.15, -0.1) is 0 Å². The second-order valence-corrected chi connectivity index (χ2v) is 8.02. The van der Waals surface area contributed by atoms with Gasteiger partial charge in [-0.05, 0) is 51.3 Å². The van der Waals surface area contributed by atoms with Crippen molar-refractivity contribution in [3.05, 3.63) is 74.8 Å². The quantitative estimate of drug-likeness (QED) is 0.430. The highest BCUT2D eigenvalue weighted by Crippen LogP contribution is 2.37. The number of rotatable bonds is 7. The average Bonchev–Trinajstić information content (AvgIpc) is 2.74. The van der Waals surface area contributed by atoms with Gasteiger partial charge in [-0.25, -0.2) is 8.78 Å². The largest absolute Gasteiger partial charge is 0.405 e. The fourth-order valence-electron chi connectivity index (χ4n) is 2.83. The highest BCUT2D eigenvalue weighted by molar-refractivity contribution is 9.10. The van der Waals surface area contributed by atoms with Crippen molar-refractivity contribution in [2.75, 3.05) is 13.1 Å². The summed E-state index contributed by atoms with van der Waals surface area (Å²) in [6, 6.07) is 5.69. The van der Waals surface area contributed by atoms with Crippen molar-refractivity contribution in [2.24, 2.45) is 0 Å². The molecule has 14 heteroatoms. The molecule has 2 aromatic carbocycles. The Hall–Kier alpha value is -3.47. The molecular weight excluding hydrogens is 570 g/mol. The van der Waals surface area contributed by atoms with Crippen LogP contribution in [0.5, 0.6) is 0 Å². The van der Waals surface area contributed by atoms with Crippen molar-refractivity contribution in [3.8, 4) is 6.07 Å². The van der Waals surface area contributed by atoms with Gasteiger partial charge in [0.15, 0.2) is 0 Å². The third-order valence-corrected chi connectivity index (χ3v) is 5.16. The molecule has 0 aliphatic rings. The molecule has 1 atom stereocenters. The number of nitriles is 1. The Morgan fingerprint density at radius 3 is 2.14 bits per heavy atom. The monoisotopic (exact) mass is 583 g/mol. The van der Waals surface area contributed by atoms with Gasteiger partial charge < -0.3 is 10.6 Å². The van der Waals surface area contributed by atoms with Gasteiger partial charge in [-0.2, -0.15) is 31.6 Å². The third kappa shape index (κ3) is 8.04. The smallest absolute Gasteiger partial charge is 0.345 e. The van der Waals surface area contributed by atoms with Crippen LogP contribution in [0.25, 0.3) is 6.08 Å². The number of carbonyl (C=O) groups excluding carboxylic acids is 2. The predicted molar refractivity (Wildman–Crippen MR) is 114 cm³/mol. The van der Waals surface area contributed by atoms with Gasteiger partial charge in [0.05, 0.1) is 18.0 Å². The molecule has 0 aliphatic carbocycles. The number of nitrogens with zero attached hydrogens (tertiary/aromatic N) is 1. The molecule has 0 aliphatic heterocycles. The Bertz CT molecular complexity index is 1200. The lowest BCUT2D eigenvalue weighted by molar-refractivity contribution is -0.139. The van der Waals surface area contributed by atoms with Crippen LogP contribution in [0.1, 0.15) is 33.0 Å². The number of carbonyl (C=O) groups is 2. The van der Waals surface area contributed by atoms with E-state index in [2.05, 4.69) is 21.2 Å². The van der Waals surface area contributed by atoms with E-state index in [0.717, 1.165) is 6.08 Å². The van der Waals surface area contributed by atoms with E-state index < -0.39 is 65.9 Å². The maximum Gasteiger partial charge on any atom is 0.405 e. The molecule has 2 amide bonds. The zero-order chi connectivity index (χ0) is 27.3. The minimum absolute atomic E-state index is 0.0700. The molecule has 1 unspecified atom stereocenters. The van der Waals surface area contributed by atoms with Crippen LogP contribution in [0.4, 0.5) is 35.1 Å². The fourth-order valence-corrected chi connectivity index (χ4v) is 3.41. The van der Waals surface area contributed by atoms with Gasteiger partial charge in [-0.1, -0.05) is 18.2 Å². The van der Waals surface area contributed by atoms with Crippen LogP contribution < -0.4 is 10.6 Å². The first-order valence-electron chi connectivity index (χ1n) is 9.67. The Labute approximate surface area is 206 Å². The Kier molecular flexibility index (Phi) is 9.20. The lowest BCUT2D eigenvalue weighted by Crippen LogP contribution is -2.40. The molecule has 5 nitrogen and oxygen atoms in total. The number of halogens is 9. The standard InChI is InChI=1S/C22H14BrF8N3O2/c23-16-5-11(1-3-13(16)20(36)33-9-19(35)34-10-21(26,27)28)2-4-15(22(29,30)31)12-6-17(24)14(8-32)18(25)7-12/h1-7,15H,9-10H2,(H,33,36)(H,34,35)/b4-2+. The van der Waals surface area contributed by atoms with Crippen molar-refractivity contribution >= 4 is 33.8 Å². The van der Waals surface area contributed by atoms with E-state index in [0.29, 0.717) is 18.2 Å². The molecular formula is C22H14BrF8N3O2. The zero-order valence-electron chi connectivity index (χ0n) is 17.7. The molecule has 0 fully saturated rings. The van der Waals surface area contributed by atoms with Gasteiger partial charge in [0.2, 0.25) is 5.91 Å². The van der Waals surface area contributed by atoms with Gasteiger partial charge in [0.25, 0.3) is 5.91 Å². The number of allylic oxidation sites excluding steroid dienone is 1. The summed E-state index contributed by atoms with van der Waals surface area (Å²) < 4.78 is 105. The first-order valence-corrected chi connectivity index (χ1v) is 10.5. The summed E-state index contributed by atoms with van der Waals surface area (Å²) in [4.78, 5) is 23.6. The van der Waals surface area contributed by atoms with E-state index in [-0.39, 0.29) is 15.6 Å². The molecule has 0 spiro atoms. The second kappa shape index (κ2) is 11.5. The zero-order valence-corrected chi connectivity index (χ0v) is 19.3. The van der Waals surface area contributed by atoms with E-state index in [9.17, 15) is 44.7 Å². The lowest BCUT2D eigenvalue weighted by atomic mass is 9.95. The molecule has 0 saturated carbocycles. The van der Waals surface area contributed by atoms with E-state index in [4.69, 9.17) is 5.26 Å². The molecule has 192 valence electrons. The van der Waals surface area contributed by atoms with Crippen LogP contribution >= 0.6 is 15.9 Å². The fraction of sp³-hybridized carbons (Fsp3) is 0.227. The van der Waals surface area contributed by atoms with E-state index in [1.54, 1.807) is 5.32 Å². The van der Waals surface area contributed by atoms with Crippen LogP contribution in [0.2, 0.25) is 0 Å². The molecule has 0 aromatic heterocycles. The topological polar surface area (TPSA) is 82.0 Å². The van der Waals surface area contributed by atoms with Crippen molar-refractivity contribution < 1.29 is 44.7 Å². The van der Waals surface area contributed by atoms with Crippen molar-refractivity contribution in [2.45, 2.75) is 18.3 Å². The summed E-state index contributed by atoms with van der Waals surface area (Å²) in [5.41, 5.74) is -1.71. The number of nitrogens with one attached hydrogen (secondary N) is 2. The van der Waals surface area contributed by atoms with Crippen molar-refractivity contribution in [3.63, 3.8) is 0 Å². The SMILES string of the molecule is N#Cc1c(F)cc(C(/C=C/c2ccc(C(=O)NCC(=O)NCC(F)(F)F)c(Br)c2)C(F)(F)F)cc1F. The molecule has 0 radical (unpaired) electrons. The summed E-state index contributed by atoms with van der Waals surface area (Å²) in [5, 5.41) is 12.3. The predicted octanol–water partition coefficient (Wildman–Crippen LogP) is 5.37. The molecule has 2 rings (SSSR count). The molecule has 36 heavy (non-hydrogen) atoms. The molecule has 2 aromatic rings. The Morgan fingerprint density at radius 1 is 1.03 bits per heavy atom. The molecule has 0 heterocycles. The van der Waals surface area contributed by atoms with Crippen LogP contribution in [0, 0.1) is 23.0 Å². The van der Waals surface area contributed by atoms with Crippen LogP contribution in [-0.4, -0.2) is 37.3 Å². The highest BCUT2D eigenvalue weighted by Gasteiger charge is 2.39. The summed E-state index contributed by atoms with van der Waals surface area (Å²) in [5.74, 6) is -7.26. The summed E-state index contributed by atoms with van der Waals surface area (Å²) in [7, 11) is 0. The van der Waals surface area contributed by atoms with E-state index in [1.807, 2.05) is 0 Å². The third-order valence-electron chi connectivity index (χ3n) is 4.50. The van der Waals surface area contributed by atoms with Gasteiger partial charge >= 0.3 is 12.4 Å². The number of hydrogen-bond acceptors (Lipinski definition) is 3. The highest BCUT2D eigenvalue weighted by atomic mass is 79.9. The van der Waals surface area contributed by atoms with Gasteiger partial charge in [0, 0.05) is 4.47 Å². The second-order valence-electron chi connectivity index (χ2n) is 7.16. The van der Waals surface area contributed by atoms with Crippen LogP contribution in [-0.2, 0) is 4.79 Å². The molecule has 0 saturated heterocycles. The maximum atomic E-state index is 13.8. The van der Waals surface area contributed by atoms with Crippen molar-refractivity contribution in [1.29, 1.82) is 5.26 Å². The minimum Gasteiger partial charge on any atom is -0.345 e. The van der Waals surface area contributed by atoms with E-state index >= 15 is 0 Å². The summed E-state index contributed by atoms with van der Waals surface area (Å²) in [6.45, 7) is -2.33. The van der Waals surface area contributed by atoms with Crippen molar-refractivity contribution in [1.82, 2.24) is 10.6 Å². The normalized spacial score (nSPS) is 12.8. The summed E-state index contributed by atoms with van der Waals surface area (Å²) in [6.07, 6.45) is -7.94. The molecule has 2 N–H and O–H groups in total. The number of alkyl halides is 6. The first kappa shape index (κ1) is 28.8. The molecule has 0 bridgehead atoms. The summed E-state index contributed by atoms with van der Waals surface area (Å²) >= 11 is 3.04. The van der Waals surface area contributed by atoms with Crippen LogP contribution in [0.3, 0.4) is 0 Å². The average molecular weight is 584 g/mol. The van der Waals surface area contributed by atoms with Crippen LogP contribution in [0.15, 0.2) is 40.9 Å². The van der Waals surface area contributed by atoms with Gasteiger partial charge in [0.1, 0.15) is 29.8 Å². The van der Waals surface area contributed by atoms with E-state index in [1.165, 1.54) is 24.3 Å². The minimum atomic E-state index is -4.94. The lowest BCUT2D eigenvalue weighted by Gasteiger charge is -2.18. The Morgan fingerprint density at radius 2 is 1.64 bits per heavy atom. The van der Waals surface area contributed by atoms with Gasteiger partial charge in [-0.3, -0.25) is 9.59 Å².